The number of methoxy groups -OCH3 is 1. The highest BCUT2D eigenvalue weighted by Gasteiger charge is 2.64. The third-order valence-electron chi connectivity index (χ3n) is 8.53. The molecule has 2 saturated carbocycles. The quantitative estimate of drug-likeness (QED) is 0.345. The van der Waals surface area contributed by atoms with Crippen molar-refractivity contribution in [2.24, 2.45) is 23.7 Å². The molecular formula is C32H28N2O7. The highest BCUT2D eigenvalue weighted by atomic mass is 16.5. The standard InChI is InChI=1S/C32H28N2O7/c1-40-31(38)19-7-11-22(12-8-19)33-26(35)17-41-32(39)20-9-13-23(14-10-20)34-29(36)27-21-15-24(18-5-3-2-4-6-18)25(16-21)28(27)30(34)37/h2-14,21,24-25,27-28H,15-17H2,1H3,(H,33,35)/t21-,24+,25+,27+,28-/m0/s1. The number of amides is 3. The summed E-state index contributed by atoms with van der Waals surface area (Å²) in [5.74, 6) is -2.05. The number of imide groups is 1. The van der Waals surface area contributed by atoms with Gasteiger partial charge in [-0.05, 0) is 84.7 Å². The van der Waals surface area contributed by atoms with Crippen molar-refractivity contribution in [2.75, 3.05) is 23.9 Å². The van der Waals surface area contributed by atoms with Gasteiger partial charge in [0.05, 0.1) is 35.8 Å². The minimum absolute atomic E-state index is 0.153. The van der Waals surface area contributed by atoms with E-state index in [1.165, 1.54) is 54.0 Å². The van der Waals surface area contributed by atoms with Gasteiger partial charge in [-0.15, -0.1) is 0 Å². The number of hydrogen-bond acceptors (Lipinski definition) is 7. The lowest BCUT2D eigenvalue weighted by Crippen LogP contribution is -2.33. The normalized spacial score (nSPS) is 24.2. The number of esters is 2. The Balaban J connectivity index is 1.06. The molecule has 0 aromatic heterocycles. The van der Waals surface area contributed by atoms with Crippen LogP contribution in [0.4, 0.5) is 11.4 Å². The summed E-state index contributed by atoms with van der Waals surface area (Å²) < 4.78 is 9.77. The van der Waals surface area contributed by atoms with Gasteiger partial charge < -0.3 is 14.8 Å². The largest absolute Gasteiger partial charge is 0.465 e. The van der Waals surface area contributed by atoms with Crippen molar-refractivity contribution in [3.63, 3.8) is 0 Å². The van der Waals surface area contributed by atoms with Gasteiger partial charge in [0.15, 0.2) is 6.61 Å². The molecule has 1 aliphatic heterocycles. The van der Waals surface area contributed by atoms with E-state index in [0.717, 1.165) is 12.8 Å². The molecule has 41 heavy (non-hydrogen) atoms. The Labute approximate surface area is 236 Å². The smallest absolute Gasteiger partial charge is 0.338 e. The van der Waals surface area contributed by atoms with Gasteiger partial charge in [0.1, 0.15) is 0 Å². The Bertz CT molecular complexity index is 1520. The number of rotatable bonds is 7. The van der Waals surface area contributed by atoms with Crippen molar-refractivity contribution < 1.29 is 33.4 Å². The second-order valence-electron chi connectivity index (χ2n) is 10.7. The van der Waals surface area contributed by atoms with Gasteiger partial charge >= 0.3 is 11.9 Å². The zero-order valence-electron chi connectivity index (χ0n) is 22.3. The number of ether oxygens (including phenoxy) is 2. The fourth-order valence-corrected chi connectivity index (χ4v) is 6.76. The first kappa shape index (κ1) is 26.4. The topological polar surface area (TPSA) is 119 Å². The minimum Gasteiger partial charge on any atom is -0.465 e. The summed E-state index contributed by atoms with van der Waals surface area (Å²) in [5.41, 5.74) is 2.60. The first-order valence-electron chi connectivity index (χ1n) is 13.5. The molecule has 1 N–H and O–H groups in total. The molecule has 0 unspecified atom stereocenters. The number of benzene rings is 3. The second kappa shape index (κ2) is 10.6. The number of carbonyl (C=O) groups excluding carboxylic acids is 5. The van der Waals surface area contributed by atoms with Crippen LogP contribution in [0, 0.1) is 23.7 Å². The van der Waals surface area contributed by atoms with Gasteiger partial charge in [0.2, 0.25) is 11.8 Å². The van der Waals surface area contributed by atoms with E-state index >= 15 is 0 Å². The van der Waals surface area contributed by atoms with Crippen LogP contribution in [-0.4, -0.2) is 43.4 Å². The fourth-order valence-electron chi connectivity index (χ4n) is 6.76. The molecule has 3 aromatic rings. The first-order chi connectivity index (χ1) is 19.9. The predicted octanol–water partition coefficient (Wildman–Crippen LogP) is 4.20. The summed E-state index contributed by atoms with van der Waals surface area (Å²) in [5, 5.41) is 2.58. The summed E-state index contributed by atoms with van der Waals surface area (Å²) in [4.78, 5) is 64.5. The van der Waals surface area contributed by atoms with Crippen LogP contribution in [0.1, 0.15) is 45.0 Å². The summed E-state index contributed by atoms with van der Waals surface area (Å²) in [7, 11) is 1.28. The van der Waals surface area contributed by atoms with Crippen LogP contribution in [0.5, 0.6) is 0 Å². The summed E-state index contributed by atoms with van der Waals surface area (Å²) in [6.07, 6.45) is 1.82. The Hall–Kier alpha value is -4.79. The van der Waals surface area contributed by atoms with E-state index in [4.69, 9.17) is 4.74 Å². The van der Waals surface area contributed by atoms with Crippen molar-refractivity contribution in [2.45, 2.75) is 18.8 Å². The third kappa shape index (κ3) is 4.77. The van der Waals surface area contributed by atoms with E-state index in [2.05, 4.69) is 22.2 Å². The van der Waals surface area contributed by atoms with Crippen molar-refractivity contribution >= 4 is 41.0 Å². The monoisotopic (exact) mass is 552 g/mol. The van der Waals surface area contributed by atoms with Gasteiger partial charge in [-0.25, -0.2) is 9.59 Å². The van der Waals surface area contributed by atoms with Crippen molar-refractivity contribution in [3.8, 4) is 0 Å². The van der Waals surface area contributed by atoms with Crippen LogP contribution in [0.3, 0.4) is 0 Å². The zero-order chi connectivity index (χ0) is 28.7. The minimum atomic E-state index is -0.715. The van der Waals surface area contributed by atoms with Gasteiger partial charge in [-0.1, -0.05) is 30.3 Å². The Morgan fingerprint density at radius 3 is 2.12 bits per heavy atom. The summed E-state index contributed by atoms with van der Waals surface area (Å²) in [6, 6.07) is 22.4. The zero-order valence-corrected chi connectivity index (χ0v) is 22.3. The molecule has 208 valence electrons. The van der Waals surface area contributed by atoms with E-state index in [-0.39, 0.29) is 47.0 Å². The molecular weight excluding hydrogens is 524 g/mol. The molecule has 0 radical (unpaired) electrons. The Morgan fingerprint density at radius 2 is 1.44 bits per heavy atom. The molecule has 6 rings (SSSR count). The fraction of sp³-hybridized carbons (Fsp3) is 0.281. The highest BCUT2D eigenvalue weighted by Crippen LogP contribution is 2.61. The number of anilines is 2. The molecule has 0 spiro atoms. The van der Waals surface area contributed by atoms with Crippen molar-refractivity contribution in [3.05, 3.63) is 95.6 Å². The highest BCUT2D eigenvalue weighted by molar-refractivity contribution is 6.22. The van der Waals surface area contributed by atoms with Crippen LogP contribution in [0.2, 0.25) is 0 Å². The number of hydrogen-bond donors (Lipinski definition) is 1. The second-order valence-corrected chi connectivity index (χ2v) is 10.7. The van der Waals surface area contributed by atoms with Crippen LogP contribution < -0.4 is 10.2 Å². The maximum absolute atomic E-state index is 13.5. The third-order valence-corrected chi connectivity index (χ3v) is 8.53. The van der Waals surface area contributed by atoms with Crippen LogP contribution in [0.15, 0.2) is 78.9 Å². The lowest BCUT2D eigenvalue weighted by atomic mass is 9.73. The number of nitrogens with one attached hydrogen (secondary N) is 1. The SMILES string of the molecule is COC(=O)c1ccc(NC(=O)COC(=O)c2ccc(N3C(=O)[C@@H]4[C@@H]5C[C@@H]([C@@H]4C3=O)[C@@H](c3ccccc3)C5)cc2)cc1. The molecule has 3 aromatic carbocycles. The van der Waals surface area contributed by atoms with Gasteiger partial charge in [0, 0.05) is 5.69 Å². The maximum Gasteiger partial charge on any atom is 0.338 e. The predicted molar refractivity (Wildman–Crippen MR) is 148 cm³/mol. The molecule has 3 aliphatic rings. The summed E-state index contributed by atoms with van der Waals surface area (Å²) in [6.45, 7) is -0.517. The van der Waals surface area contributed by atoms with Crippen LogP contribution in [-0.2, 0) is 23.9 Å². The number of carbonyl (C=O) groups is 5. The van der Waals surface area contributed by atoms with Gasteiger partial charge in [-0.2, -0.15) is 0 Å². The molecule has 2 aliphatic carbocycles. The van der Waals surface area contributed by atoms with Crippen LogP contribution in [0.25, 0.3) is 0 Å². The lowest BCUT2D eigenvalue weighted by molar-refractivity contribution is -0.123. The van der Waals surface area contributed by atoms with Gasteiger partial charge in [-0.3, -0.25) is 19.3 Å². The summed E-state index contributed by atoms with van der Waals surface area (Å²) >= 11 is 0. The van der Waals surface area contributed by atoms with E-state index in [9.17, 15) is 24.0 Å². The van der Waals surface area contributed by atoms with Gasteiger partial charge in [0.25, 0.3) is 5.91 Å². The van der Waals surface area contributed by atoms with Crippen molar-refractivity contribution in [1.29, 1.82) is 0 Å². The molecule has 9 nitrogen and oxygen atoms in total. The number of nitrogens with zero attached hydrogens (tertiary/aromatic N) is 1. The van der Waals surface area contributed by atoms with E-state index in [1.54, 1.807) is 12.1 Å². The molecule has 1 saturated heterocycles. The average Bonchev–Trinajstić information content (AvgIpc) is 3.67. The molecule has 5 atom stereocenters. The van der Waals surface area contributed by atoms with E-state index in [1.807, 2.05) is 18.2 Å². The van der Waals surface area contributed by atoms with Crippen LogP contribution >= 0.6 is 0 Å². The first-order valence-corrected chi connectivity index (χ1v) is 13.5. The van der Waals surface area contributed by atoms with E-state index in [0.29, 0.717) is 16.9 Å². The van der Waals surface area contributed by atoms with E-state index < -0.39 is 24.5 Å². The maximum atomic E-state index is 13.5. The lowest BCUT2D eigenvalue weighted by Gasteiger charge is -2.28. The van der Waals surface area contributed by atoms with Crippen molar-refractivity contribution in [1.82, 2.24) is 0 Å². The number of fused-ring (bicyclic) bond motifs is 5. The molecule has 3 fully saturated rings. The Morgan fingerprint density at radius 1 is 0.805 bits per heavy atom. The molecule has 9 heteroatoms. The molecule has 1 heterocycles. The molecule has 3 amide bonds. The average molecular weight is 553 g/mol. The molecule has 2 bridgehead atoms. The Kier molecular flexibility index (Phi) is 6.86.